The summed E-state index contributed by atoms with van der Waals surface area (Å²) < 4.78 is 12.4. The Morgan fingerprint density at radius 2 is 1.73 bits per heavy atom. The summed E-state index contributed by atoms with van der Waals surface area (Å²) in [5.74, 6) is 0. The highest BCUT2D eigenvalue weighted by molar-refractivity contribution is 9.11. The second-order valence-corrected chi connectivity index (χ2v) is 5.17. The van der Waals surface area contributed by atoms with Crippen molar-refractivity contribution in [2.24, 2.45) is 0 Å². The van der Waals surface area contributed by atoms with Gasteiger partial charge in [-0.1, -0.05) is 47.8 Å². The summed E-state index contributed by atoms with van der Waals surface area (Å²) in [6.07, 6.45) is -0.347. The number of rotatable bonds is 4. The number of ether oxygens (including phenoxy) is 2. The van der Waals surface area contributed by atoms with E-state index in [1.54, 1.807) is 14.2 Å². The van der Waals surface area contributed by atoms with Crippen LogP contribution in [0.1, 0.15) is 17.4 Å². The molecule has 0 aliphatic heterocycles. The minimum absolute atomic E-state index is 0.347. The van der Waals surface area contributed by atoms with E-state index in [-0.39, 0.29) is 6.29 Å². The van der Waals surface area contributed by atoms with Gasteiger partial charge in [-0.3, -0.25) is 0 Å². The number of alkyl halides is 1. The van der Waals surface area contributed by atoms with Crippen LogP contribution in [0.5, 0.6) is 0 Å². The molecule has 0 aliphatic carbocycles. The molecule has 2 nitrogen and oxygen atoms in total. The molecule has 0 bridgehead atoms. The van der Waals surface area contributed by atoms with Crippen LogP contribution in [-0.2, 0) is 14.8 Å². The SMILES string of the molecule is COC(OC)c1cc(Br)c(CBr)cc1Br. The Balaban J connectivity index is 3.14. The maximum Gasteiger partial charge on any atom is 0.184 e. The fourth-order valence-electron chi connectivity index (χ4n) is 1.24. The fraction of sp³-hybridized carbons (Fsp3) is 0.400. The monoisotopic (exact) mass is 400 g/mol. The van der Waals surface area contributed by atoms with Gasteiger partial charge in [0.15, 0.2) is 6.29 Å². The molecule has 1 rings (SSSR count). The smallest absolute Gasteiger partial charge is 0.184 e. The molecule has 0 aliphatic rings. The number of hydrogen-bond acceptors (Lipinski definition) is 2. The first-order chi connectivity index (χ1) is 7.13. The quantitative estimate of drug-likeness (QED) is 0.549. The van der Waals surface area contributed by atoms with Gasteiger partial charge in [0.25, 0.3) is 0 Å². The van der Waals surface area contributed by atoms with Crippen LogP contribution in [0.2, 0.25) is 0 Å². The van der Waals surface area contributed by atoms with E-state index in [2.05, 4.69) is 47.8 Å². The molecule has 0 radical (unpaired) electrons. The molecule has 5 heteroatoms. The van der Waals surface area contributed by atoms with E-state index in [0.29, 0.717) is 0 Å². The van der Waals surface area contributed by atoms with Crippen molar-refractivity contribution in [3.63, 3.8) is 0 Å². The molecule has 1 aromatic rings. The summed E-state index contributed by atoms with van der Waals surface area (Å²) in [6.45, 7) is 0. The molecule has 84 valence electrons. The lowest BCUT2D eigenvalue weighted by molar-refractivity contribution is -0.106. The maximum atomic E-state index is 5.21. The lowest BCUT2D eigenvalue weighted by Gasteiger charge is -2.16. The van der Waals surface area contributed by atoms with Gasteiger partial charge in [-0.05, 0) is 17.7 Å². The summed E-state index contributed by atoms with van der Waals surface area (Å²) in [5, 5.41) is 0.803. The largest absolute Gasteiger partial charge is 0.352 e. The predicted molar refractivity (Wildman–Crippen MR) is 71.2 cm³/mol. The van der Waals surface area contributed by atoms with Gasteiger partial charge in [-0.15, -0.1) is 0 Å². The second-order valence-electron chi connectivity index (χ2n) is 2.90. The van der Waals surface area contributed by atoms with Crippen LogP contribution in [0.4, 0.5) is 0 Å². The highest BCUT2D eigenvalue weighted by Crippen LogP contribution is 2.32. The average Bonchev–Trinajstić information content (AvgIpc) is 2.24. The van der Waals surface area contributed by atoms with Crippen LogP contribution in [0.3, 0.4) is 0 Å². The third-order valence-corrected chi connectivity index (χ3v) is 4.02. The van der Waals surface area contributed by atoms with Crippen LogP contribution in [0.25, 0.3) is 0 Å². The molecular formula is C10H11Br3O2. The molecule has 0 spiro atoms. The third-order valence-electron chi connectivity index (χ3n) is 1.99. The Morgan fingerprint density at radius 1 is 1.13 bits per heavy atom. The molecule has 0 amide bonds. The van der Waals surface area contributed by atoms with Crippen molar-refractivity contribution in [1.82, 2.24) is 0 Å². The number of benzene rings is 1. The van der Waals surface area contributed by atoms with E-state index in [9.17, 15) is 0 Å². The Hall–Kier alpha value is 0.580. The number of methoxy groups -OCH3 is 2. The number of hydrogen-bond donors (Lipinski definition) is 0. The standard InChI is InChI=1S/C10H11Br3O2/c1-14-10(15-2)7-4-8(12)6(5-11)3-9(7)13/h3-4,10H,5H2,1-2H3. The van der Waals surface area contributed by atoms with E-state index >= 15 is 0 Å². The van der Waals surface area contributed by atoms with Crippen molar-refractivity contribution in [3.8, 4) is 0 Å². The predicted octanol–water partition coefficient (Wildman–Crippen LogP) is 4.40. The lowest BCUT2D eigenvalue weighted by atomic mass is 10.1. The van der Waals surface area contributed by atoms with Gasteiger partial charge in [0.2, 0.25) is 0 Å². The van der Waals surface area contributed by atoms with Crippen LogP contribution in [0.15, 0.2) is 21.1 Å². The molecule has 0 aromatic heterocycles. The van der Waals surface area contributed by atoms with Crippen molar-refractivity contribution >= 4 is 47.8 Å². The first kappa shape index (κ1) is 13.6. The Labute approximate surface area is 115 Å². The Bertz CT molecular complexity index is 338. The van der Waals surface area contributed by atoms with Gasteiger partial charge in [0, 0.05) is 34.1 Å². The van der Waals surface area contributed by atoms with Crippen LogP contribution >= 0.6 is 47.8 Å². The number of halogens is 3. The summed E-state index contributed by atoms with van der Waals surface area (Å²) >= 11 is 10.4. The summed E-state index contributed by atoms with van der Waals surface area (Å²) in [5.41, 5.74) is 2.15. The zero-order valence-electron chi connectivity index (χ0n) is 8.39. The zero-order chi connectivity index (χ0) is 11.4. The van der Waals surface area contributed by atoms with Gasteiger partial charge in [-0.25, -0.2) is 0 Å². The maximum absolute atomic E-state index is 5.21. The minimum atomic E-state index is -0.347. The van der Waals surface area contributed by atoms with E-state index in [0.717, 1.165) is 19.8 Å². The van der Waals surface area contributed by atoms with Crippen LogP contribution in [-0.4, -0.2) is 14.2 Å². The van der Waals surface area contributed by atoms with Gasteiger partial charge in [0.05, 0.1) is 0 Å². The topological polar surface area (TPSA) is 18.5 Å². The van der Waals surface area contributed by atoms with Crippen LogP contribution in [0, 0.1) is 0 Å². The molecule has 0 fully saturated rings. The van der Waals surface area contributed by atoms with Gasteiger partial charge in [-0.2, -0.15) is 0 Å². The first-order valence-electron chi connectivity index (χ1n) is 4.23. The molecule has 0 heterocycles. The molecule has 0 atom stereocenters. The van der Waals surface area contributed by atoms with Crippen LogP contribution < -0.4 is 0 Å². The van der Waals surface area contributed by atoms with E-state index in [1.165, 1.54) is 5.56 Å². The van der Waals surface area contributed by atoms with Crippen molar-refractivity contribution in [1.29, 1.82) is 0 Å². The van der Waals surface area contributed by atoms with E-state index < -0.39 is 0 Å². The summed E-state index contributed by atoms with van der Waals surface area (Å²) in [4.78, 5) is 0. The van der Waals surface area contributed by atoms with Crippen molar-refractivity contribution in [2.75, 3.05) is 14.2 Å². The molecule has 0 N–H and O–H groups in total. The van der Waals surface area contributed by atoms with Gasteiger partial charge >= 0.3 is 0 Å². The molecule has 0 saturated heterocycles. The Kier molecular flexibility index (Phi) is 5.77. The second kappa shape index (κ2) is 6.35. The van der Waals surface area contributed by atoms with Crippen molar-refractivity contribution in [2.45, 2.75) is 11.6 Å². The normalized spacial score (nSPS) is 11.1. The first-order valence-corrected chi connectivity index (χ1v) is 6.94. The summed E-state index contributed by atoms with van der Waals surface area (Å²) in [6, 6.07) is 4.04. The van der Waals surface area contributed by atoms with E-state index in [1.807, 2.05) is 12.1 Å². The van der Waals surface area contributed by atoms with Crippen molar-refractivity contribution < 1.29 is 9.47 Å². The Morgan fingerprint density at radius 3 is 2.20 bits per heavy atom. The molecule has 0 saturated carbocycles. The molecule has 0 unspecified atom stereocenters. The average molecular weight is 403 g/mol. The molecule has 15 heavy (non-hydrogen) atoms. The van der Waals surface area contributed by atoms with Gasteiger partial charge in [0.1, 0.15) is 0 Å². The minimum Gasteiger partial charge on any atom is -0.352 e. The van der Waals surface area contributed by atoms with E-state index in [4.69, 9.17) is 9.47 Å². The van der Waals surface area contributed by atoms with Crippen molar-refractivity contribution in [3.05, 3.63) is 32.2 Å². The third kappa shape index (κ3) is 3.27. The lowest BCUT2D eigenvalue weighted by Crippen LogP contribution is -2.05. The zero-order valence-corrected chi connectivity index (χ0v) is 13.1. The van der Waals surface area contributed by atoms with Gasteiger partial charge < -0.3 is 9.47 Å². The molecular weight excluding hydrogens is 392 g/mol. The highest BCUT2D eigenvalue weighted by Gasteiger charge is 2.15. The summed E-state index contributed by atoms with van der Waals surface area (Å²) in [7, 11) is 3.24. The molecule has 1 aromatic carbocycles. The highest BCUT2D eigenvalue weighted by atomic mass is 79.9. The fourth-order valence-corrected chi connectivity index (χ4v) is 3.16.